The smallest absolute Gasteiger partial charge is 0.153 e. The Morgan fingerprint density at radius 2 is 2.06 bits per heavy atom. The minimum atomic E-state index is 0.318. The fraction of sp³-hybridized carbons (Fsp3) is 0.857. The summed E-state index contributed by atoms with van der Waals surface area (Å²) in [4.78, 5) is 4.59. The van der Waals surface area contributed by atoms with E-state index in [1.165, 1.54) is 12.8 Å². The number of hydrogen-bond donors (Lipinski definition) is 2. The molecule has 1 aromatic heterocycles. The van der Waals surface area contributed by atoms with Gasteiger partial charge in [-0.1, -0.05) is 20.8 Å². The largest absolute Gasteiger partial charge is 0.330 e. The lowest BCUT2D eigenvalue weighted by Crippen LogP contribution is -2.24. The highest BCUT2D eigenvalue weighted by Gasteiger charge is 2.28. The first-order valence-corrected chi connectivity index (χ1v) is 7.12. The molecule has 0 spiro atoms. The summed E-state index contributed by atoms with van der Waals surface area (Å²) >= 11 is 0. The molecule has 1 atom stereocenters. The minimum Gasteiger partial charge on any atom is -0.330 e. The number of nitrogens with zero attached hydrogens (tertiary/aromatic N) is 2. The van der Waals surface area contributed by atoms with Gasteiger partial charge in [-0.25, -0.2) is 4.98 Å². The number of rotatable bonds is 6. The lowest BCUT2D eigenvalue weighted by molar-refractivity contribution is 0.214. The van der Waals surface area contributed by atoms with Crippen molar-refractivity contribution in [3.63, 3.8) is 0 Å². The van der Waals surface area contributed by atoms with Crippen LogP contribution in [0.5, 0.6) is 0 Å². The lowest BCUT2D eigenvalue weighted by atomic mass is 9.76. The number of nitrogens with two attached hydrogens (primary N) is 1. The van der Waals surface area contributed by atoms with E-state index in [-0.39, 0.29) is 0 Å². The van der Waals surface area contributed by atoms with Crippen molar-refractivity contribution < 1.29 is 0 Å². The normalized spacial score (nSPS) is 18.0. The zero-order valence-corrected chi connectivity index (χ0v) is 11.9. The van der Waals surface area contributed by atoms with Gasteiger partial charge in [0, 0.05) is 12.3 Å². The first-order valence-electron chi connectivity index (χ1n) is 7.12. The van der Waals surface area contributed by atoms with Gasteiger partial charge in [-0.3, -0.25) is 5.10 Å². The molecule has 2 rings (SSSR count). The Kier molecular flexibility index (Phi) is 4.05. The topological polar surface area (TPSA) is 67.6 Å². The van der Waals surface area contributed by atoms with Crippen LogP contribution in [0.25, 0.3) is 0 Å². The zero-order valence-electron chi connectivity index (χ0n) is 11.9. The molecule has 1 fully saturated rings. The van der Waals surface area contributed by atoms with Gasteiger partial charge in [-0.2, -0.15) is 5.10 Å². The maximum atomic E-state index is 5.71. The molecule has 0 amide bonds. The molecule has 1 aliphatic rings. The predicted molar refractivity (Wildman–Crippen MR) is 73.3 cm³/mol. The average molecular weight is 250 g/mol. The van der Waals surface area contributed by atoms with E-state index in [0.717, 1.165) is 37.5 Å². The molecule has 1 unspecified atom stereocenters. The van der Waals surface area contributed by atoms with Crippen LogP contribution in [0.4, 0.5) is 0 Å². The summed E-state index contributed by atoms with van der Waals surface area (Å²) in [5, 5.41) is 7.39. The third-order valence-electron chi connectivity index (χ3n) is 3.96. The summed E-state index contributed by atoms with van der Waals surface area (Å²) in [7, 11) is 0. The van der Waals surface area contributed by atoms with Crippen molar-refractivity contribution in [2.75, 3.05) is 6.54 Å². The number of aryl methyl sites for hydroxylation is 1. The summed E-state index contributed by atoms with van der Waals surface area (Å²) in [5.74, 6) is 3.36. The molecule has 1 aliphatic carbocycles. The molecule has 0 radical (unpaired) electrons. The first kappa shape index (κ1) is 13.5. The fourth-order valence-corrected chi connectivity index (χ4v) is 2.47. The second-order valence-corrected chi connectivity index (χ2v) is 6.59. The fourth-order valence-electron chi connectivity index (χ4n) is 2.47. The molecular formula is C14H26N4. The molecular weight excluding hydrogens is 224 g/mol. The van der Waals surface area contributed by atoms with Crippen LogP contribution >= 0.6 is 0 Å². The van der Waals surface area contributed by atoms with E-state index in [2.05, 4.69) is 36.0 Å². The number of aromatic nitrogens is 3. The monoisotopic (exact) mass is 250 g/mol. The van der Waals surface area contributed by atoms with Gasteiger partial charge < -0.3 is 5.73 Å². The molecule has 102 valence electrons. The quantitative estimate of drug-likeness (QED) is 0.815. The predicted octanol–water partition coefficient (Wildman–Crippen LogP) is 2.63. The molecule has 1 heterocycles. The van der Waals surface area contributed by atoms with E-state index < -0.39 is 0 Å². The van der Waals surface area contributed by atoms with Crippen LogP contribution in [0.1, 0.15) is 64.0 Å². The van der Waals surface area contributed by atoms with Crippen LogP contribution in [0.3, 0.4) is 0 Å². The Morgan fingerprint density at radius 1 is 1.33 bits per heavy atom. The Hall–Kier alpha value is -0.900. The van der Waals surface area contributed by atoms with Crippen molar-refractivity contribution in [2.24, 2.45) is 17.1 Å². The van der Waals surface area contributed by atoms with Crippen LogP contribution in [0, 0.1) is 11.3 Å². The highest BCUT2D eigenvalue weighted by atomic mass is 15.2. The highest BCUT2D eigenvalue weighted by Crippen LogP contribution is 2.38. The van der Waals surface area contributed by atoms with E-state index in [4.69, 9.17) is 5.73 Å². The zero-order chi connectivity index (χ0) is 13.2. The average Bonchev–Trinajstić information content (AvgIpc) is 3.03. The Bertz CT molecular complexity index is 373. The van der Waals surface area contributed by atoms with E-state index in [1.807, 2.05) is 0 Å². The van der Waals surface area contributed by atoms with Crippen molar-refractivity contribution >= 4 is 0 Å². The maximum absolute atomic E-state index is 5.71. The van der Waals surface area contributed by atoms with Crippen molar-refractivity contribution in [3.05, 3.63) is 11.6 Å². The van der Waals surface area contributed by atoms with E-state index in [0.29, 0.717) is 17.3 Å². The summed E-state index contributed by atoms with van der Waals surface area (Å²) < 4.78 is 0. The van der Waals surface area contributed by atoms with Crippen LogP contribution in [-0.2, 0) is 6.42 Å². The van der Waals surface area contributed by atoms with Crippen LogP contribution < -0.4 is 5.73 Å². The van der Waals surface area contributed by atoms with Crippen molar-refractivity contribution in [2.45, 2.75) is 58.8 Å². The minimum absolute atomic E-state index is 0.318. The summed E-state index contributed by atoms with van der Waals surface area (Å²) in [5.41, 5.74) is 6.03. The van der Waals surface area contributed by atoms with Gasteiger partial charge >= 0.3 is 0 Å². The molecule has 18 heavy (non-hydrogen) atoms. The molecule has 0 saturated heterocycles. The third kappa shape index (κ3) is 3.55. The van der Waals surface area contributed by atoms with Crippen LogP contribution in [-0.4, -0.2) is 21.7 Å². The van der Waals surface area contributed by atoms with Gasteiger partial charge in [0.1, 0.15) is 5.82 Å². The second-order valence-electron chi connectivity index (χ2n) is 6.59. The molecule has 0 bridgehead atoms. The van der Waals surface area contributed by atoms with Gasteiger partial charge in [0.2, 0.25) is 0 Å². The number of H-pyrrole nitrogens is 1. The standard InChI is InChI=1S/C14H26N4/c1-14(2,3)11(8-9-15)6-7-12-16-13(18-17-12)10-4-5-10/h10-11H,4-9,15H2,1-3H3,(H,16,17,18). The Labute approximate surface area is 110 Å². The van der Waals surface area contributed by atoms with Gasteiger partial charge in [0.25, 0.3) is 0 Å². The van der Waals surface area contributed by atoms with Crippen molar-refractivity contribution in [1.29, 1.82) is 0 Å². The van der Waals surface area contributed by atoms with Gasteiger partial charge in [0.05, 0.1) is 0 Å². The third-order valence-corrected chi connectivity index (χ3v) is 3.96. The molecule has 0 aromatic carbocycles. The molecule has 0 aliphatic heterocycles. The van der Waals surface area contributed by atoms with E-state index in [1.54, 1.807) is 0 Å². The number of nitrogens with one attached hydrogen (secondary N) is 1. The summed E-state index contributed by atoms with van der Waals surface area (Å²) in [6, 6.07) is 0. The second kappa shape index (κ2) is 5.39. The molecule has 4 nitrogen and oxygen atoms in total. The highest BCUT2D eigenvalue weighted by molar-refractivity contribution is 5.05. The first-order chi connectivity index (χ1) is 8.50. The lowest BCUT2D eigenvalue weighted by Gasteiger charge is -2.30. The number of hydrogen-bond acceptors (Lipinski definition) is 3. The maximum Gasteiger partial charge on any atom is 0.153 e. The SMILES string of the molecule is CC(C)(C)C(CCN)CCc1nc(C2CC2)n[nH]1. The Morgan fingerprint density at radius 3 is 2.61 bits per heavy atom. The summed E-state index contributed by atoms with van der Waals surface area (Å²) in [6.07, 6.45) is 5.74. The molecule has 4 heteroatoms. The Balaban J connectivity index is 1.87. The van der Waals surface area contributed by atoms with E-state index in [9.17, 15) is 0 Å². The summed E-state index contributed by atoms with van der Waals surface area (Å²) in [6.45, 7) is 7.65. The molecule has 1 saturated carbocycles. The van der Waals surface area contributed by atoms with E-state index >= 15 is 0 Å². The van der Waals surface area contributed by atoms with Crippen molar-refractivity contribution in [3.8, 4) is 0 Å². The van der Waals surface area contributed by atoms with Gasteiger partial charge in [-0.15, -0.1) is 0 Å². The van der Waals surface area contributed by atoms with Gasteiger partial charge in [-0.05, 0) is 43.6 Å². The molecule has 3 N–H and O–H groups in total. The van der Waals surface area contributed by atoms with Crippen LogP contribution in [0.2, 0.25) is 0 Å². The van der Waals surface area contributed by atoms with Crippen LogP contribution in [0.15, 0.2) is 0 Å². The van der Waals surface area contributed by atoms with Gasteiger partial charge in [0.15, 0.2) is 5.82 Å². The van der Waals surface area contributed by atoms with Crippen molar-refractivity contribution in [1.82, 2.24) is 15.2 Å². The number of aromatic amines is 1. The molecule has 1 aromatic rings.